The third-order valence-corrected chi connectivity index (χ3v) is 6.15. The lowest BCUT2D eigenvalue weighted by Gasteiger charge is -2.29. The number of para-hydroxylation sites is 1. The third kappa shape index (κ3) is 3.94. The maximum Gasteiger partial charge on any atom is 0.270 e. The molecule has 2 aromatic carbocycles. The summed E-state index contributed by atoms with van der Waals surface area (Å²) in [4.78, 5) is 26.7. The number of anilines is 1. The normalized spacial score (nSPS) is 15.6. The highest BCUT2D eigenvalue weighted by molar-refractivity contribution is 9.10. The van der Waals surface area contributed by atoms with E-state index >= 15 is 0 Å². The van der Waals surface area contributed by atoms with Crippen molar-refractivity contribution in [3.63, 3.8) is 0 Å². The Morgan fingerprint density at radius 1 is 1.03 bits per heavy atom. The minimum atomic E-state index is -0.613. The first kappa shape index (κ1) is 20.8. The Morgan fingerprint density at radius 2 is 1.80 bits per heavy atom. The molecule has 1 aromatic heterocycles. The Labute approximate surface area is 195 Å². The first-order valence-electron chi connectivity index (χ1n) is 8.56. The Kier molecular flexibility index (Phi) is 5.79. The van der Waals surface area contributed by atoms with Gasteiger partial charge in [0.25, 0.3) is 11.8 Å². The summed E-state index contributed by atoms with van der Waals surface area (Å²) in [5.41, 5.74) is 1.01. The van der Waals surface area contributed by atoms with Crippen LogP contribution in [0.2, 0.25) is 10.0 Å². The number of furan rings is 1. The number of carbonyl (C=O) groups is 2. The first-order chi connectivity index (χ1) is 14.3. The summed E-state index contributed by atoms with van der Waals surface area (Å²) >= 11 is 20.9. The average molecular weight is 522 g/mol. The predicted molar refractivity (Wildman–Crippen MR) is 125 cm³/mol. The molecule has 2 amide bonds. The molecule has 0 saturated carbocycles. The van der Waals surface area contributed by atoms with Crippen molar-refractivity contribution in [1.29, 1.82) is 0 Å². The monoisotopic (exact) mass is 520 g/mol. The fourth-order valence-corrected chi connectivity index (χ4v) is 3.81. The molecule has 0 radical (unpaired) electrons. The van der Waals surface area contributed by atoms with Gasteiger partial charge in [-0.05, 0) is 70.6 Å². The van der Waals surface area contributed by atoms with E-state index in [2.05, 4.69) is 21.2 Å². The highest BCUT2D eigenvalue weighted by atomic mass is 79.9. The lowest BCUT2D eigenvalue weighted by atomic mass is 10.1. The smallest absolute Gasteiger partial charge is 0.270 e. The van der Waals surface area contributed by atoms with Gasteiger partial charge in [-0.15, -0.1) is 0 Å². The summed E-state index contributed by atoms with van der Waals surface area (Å²) in [5, 5.41) is 3.34. The molecule has 0 bridgehead atoms. The van der Waals surface area contributed by atoms with E-state index in [1.807, 2.05) is 6.07 Å². The topological polar surface area (TPSA) is 62.6 Å². The zero-order valence-corrected chi connectivity index (χ0v) is 18.9. The third-order valence-electron chi connectivity index (χ3n) is 4.31. The fraction of sp³-hybridized carbons (Fsp3) is 0. The molecule has 1 aliphatic heterocycles. The fourth-order valence-electron chi connectivity index (χ4n) is 2.89. The zero-order valence-electron chi connectivity index (χ0n) is 15.0. The molecule has 4 rings (SSSR count). The molecule has 0 unspecified atom stereocenters. The van der Waals surface area contributed by atoms with Crippen LogP contribution < -0.4 is 10.2 Å². The van der Waals surface area contributed by atoms with Crippen LogP contribution in [-0.2, 0) is 9.59 Å². The lowest BCUT2D eigenvalue weighted by Crippen LogP contribution is -2.54. The molecule has 0 aliphatic carbocycles. The minimum Gasteiger partial charge on any atom is -0.457 e. The average Bonchev–Trinajstić information content (AvgIpc) is 3.17. The van der Waals surface area contributed by atoms with Crippen molar-refractivity contribution in [2.45, 2.75) is 0 Å². The largest absolute Gasteiger partial charge is 0.457 e. The maximum atomic E-state index is 13.0. The van der Waals surface area contributed by atoms with Gasteiger partial charge in [0.05, 0.1) is 15.7 Å². The molecular weight excluding hydrogens is 511 g/mol. The zero-order chi connectivity index (χ0) is 21.4. The molecule has 1 fully saturated rings. The van der Waals surface area contributed by atoms with E-state index in [9.17, 15) is 9.59 Å². The van der Waals surface area contributed by atoms with Crippen LogP contribution in [0.1, 0.15) is 5.76 Å². The summed E-state index contributed by atoms with van der Waals surface area (Å²) in [6.45, 7) is 0. The van der Waals surface area contributed by atoms with Gasteiger partial charge in [-0.2, -0.15) is 0 Å². The van der Waals surface area contributed by atoms with Gasteiger partial charge in [-0.25, -0.2) is 0 Å². The minimum absolute atomic E-state index is 0.0418. The van der Waals surface area contributed by atoms with E-state index in [4.69, 9.17) is 39.8 Å². The van der Waals surface area contributed by atoms with Gasteiger partial charge in [0.1, 0.15) is 17.1 Å². The molecule has 9 heteroatoms. The summed E-state index contributed by atoms with van der Waals surface area (Å²) in [7, 11) is 0. The van der Waals surface area contributed by atoms with Crippen LogP contribution in [0.25, 0.3) is 17.4 Å². The van der Waals surface area contributed by atoms with Crippen molar-refractivity contribution in [3.05, 3.63) is 80.4 Å². The number of rotatable bonds is 3. The van der Waals surface area contributed by atoms with Gasteiger partial charge in [0, 0.05) is 10.0 Å². The number of benzene rings is 2. The summed E-state index contributed by atoms with van der Waals surface area (Å²) in [6.07, 6.45) is 1.37. The van der Waals surface area contributed by atoms with E-state index in [0.717, 1.165) is 10.0 Å². The molecule has 150 valence electrons. The predicted octanol–water partition coefficient (Wildman–Crippen LogP) is 5.85. The molecule has 1 aliphatic rings. The van der Waals surface area contributed by atoms with Crippen LogP contribution in [0.3, 0.4) is 0 Å². The molecule has 1 saturated heterocycles. The van der Waals surface area contributed by atoms with Crippen LogP contribution in [0.5, 0.6) is 0 Å². The number of halogens is 3. The standard InChI is InChI=1S/C21H11BrCl2N2O3S/c22-14-7-5-11(9-16(14)24)18-8-6-12(29-18)10-13-19(27)25-21(30)26(20(13)28)17-4-2-1-3-15(17)23/h1-10H,(H,25,27,30)/b13-10+. The van der Waals surface area contributed by atoms with E-state index < -0.39 is 11.8 Å². The second-order valence-corrected chi connectivity index (χ2v) is 8.30. The summed E-state index contributed by atoms with van der Waals surface area (Å²) in [5.74, 6) is -0.340. The van der Waals surface area contributed by atoms with Crippen molar-refractivity contribution in [3.8, 4) is 11.3 Å². The van der Waals surface area contributed by atoms with Crippen LogP contribution >= 0.6 is 51.3 Å². The Morgan fingerprint density at radius 3 is 2.53 bits per heavy atom. The molecule has 3 aromatic rings. The van der Waals surface area contributed by atoms with Crippen LogP contribution in [-0.4, -0.2) is 16.9 Å². The summed E-state index contributed by atoms with van der Waals surface area (Å²) in [6, 6.07) is 15.5. The number of nitrogens with zero attached hydrogens (tertiary/aromatic N) is 1. The van der Waals surface area contributed by atoms with Gasteiger partial charge in [0.2, 0.25) is 0 Å². The van der Waals surface area contributed by atoms with Crippen molar-refractivity contribution in [2.75, 3.05) is 4.90 Å². The molecule has 30 heavy (non-hydrogen) atoms. The van der Waals surface area contributed by atoms with Gasteiger partial charge in [0.15, 0.2) is 5.11 Å². The van der Waals surface area contributed by atoms with E-state index in [1.165, 1.54) is 11.0 Å². The molecule has 1 N–H and O–H groups in total. The molecule has 5 nitrogen and oxygen atoms in total. The van der Waals surface area contributed by atoms with Crippen molar-refractivity contribution in [2.24, 2.45) is 0 Å². The molecule has 0 atom stereocenters. The van der Waals surface area contributed by atoms with E-state index in [1.54, 1.807) is 48.5 Å². The second kappa shape index (κ2) is 8.35. The van der Waals surface area contributed by atoms with Gasteiger partial charge in [-0.3, -0.25) is 19.8 Å². The number of hydrogen-bond donors (Lipinski definition) is 1. The second-order valence-electron chi connectivity index (χ2n) is 6.24. The van der Waals surface area contributed by atoms with Crippen molar-refractivity contribution in [1.82, 2.24) is 5.32 Å². The first-order valence-corrected chi connectivity index (χ1v) is 10.5. The Hall–Kier alpha value is -2.45. The van der Waals surface area contributed by atoms with E-state index in [-0.39, 0.29) is 10.7 Å². The van der Waals surface area contributed by atoms with Crippen molar-refractivity contribution >= 4 is 80.0 Å². The number of amides is 2. The highest BCUT2D eigenvalue weighted by Crippen LogP contribution is 2.32. The summed E-state index contributed by atoms with van der Waals surface area (Å²) < 4.78 is 6.56. The number of carbonyl (C=O) groups excluding carboxylic acids is 2. The number of nitrogens with one attached hydrogen (secondary N) is 1. The highest BCUT2D eigenvalue weighted by Gasteiger charge is 2.35. The van der Waals surface area contributed by atoms with Gasteiger partial charge >= 0.3 is 0 Å². The quantitative estimate of drug-likeness (QED) is 0.267. The number of hydrogen-bond acceptors (Lipinski definition) is 4. The maximum absolute atomic E-state index is 13.0. The van der Waals surface area contributed by atoms with Gasteiger partial charge < -0.3 is 4.42 Å². The Balaban J connectivity index is 1.69. The van der Waals surface area contributed by atoms with Gasteiger partial charge in [-0.1, -0.05) is 41.4 Å². The molecule has 0 spiro atoms. The van der Waals surface area contributed by atoms with Crippen LogP contribution in [0.15, 0.2) is 69.1 Å². The molecule has 2 heterocycles. The number of thiocarbonyl (C=S) groups is 1. The lowest BCUT2D eigenvalue weighted by molar-refractivity contribution is -0.122. The van der Waals surface area contributed by atoms with Crippen LogP contribution in [0.4, 0.5) is 5.69 Å². The molecular formula is C21H11BrCl2N2O3S. The van der Waals surface area contributed by atoms with Crippen molar-refractivity contribution < 1.29 is 14.0 Å². The van der Waals surface area contributed by atoms with Crippen LogP contribution in [0, 0.1) is 0 Å². The SMILES string of the molecule is O=C1NC(=S)N(c2ccccc2Cl)C(=O)/C1=C/c1ccc(-c2ccc(Br)c(Cl)c2)o1. The Bertz CT molecular complexity index is 1240. The van der Waals surface area contributed by atoms with E-state index in [0.29, 0.717) is 27.3 Å².